The Morgan fingerprint density at radius 3 is 2.48 bits per heavy atom. The molecule has 3 nitrogen and oxygen atoms in total. The van der Waals surface area contributed by atoms with E-state index in [9.17, 15) is 0 Å². The minimum atomic E-state index is 0.372. The van der Waals surface area contributed by atoms with Gasteiger partial charge < -0.3 is 14.8 Å². The van der Waals surface area contributed by atoms with Crippen molar-refractivity contribution in [3.05, 3.63) is 22.2 Å². The molecule has 0 saturated carbocycles. The molecule has 0 bridgehead atoms. The van der Waals surface area contributed by atoms with Gasteiger partial charge in [0.25, 0.3) is 0 Å². The standard InChI is InChI=1S/C17H26BrNO2/c1-3-5-6-7-8-15(19-4-2)13-11-16-17(12-14(13)18)21-10-9-20-16/h11-12,15,19H,3-10H2,1-2H3. The van der Waals surface area contributed by atoms with Crippen LogP contribution in [0.2, 0.25) is 0 Å². The molecule has 118 valence electrons. The van der Waals surface area contributed by atoms with Crippen LogP contribution >= 0.6 is 15.9 Å². The van der Waals surface area contributed by atoms with Gasteiger partial charge in [0.05, 0.1) is 0 Å². The maximum absolute atomic E-state index is 5.72. The van der Waals surface area contributed by atoms with Crippen molar-refractivity contribution in [2.24, 2.45) is 0 Å². The number of ether oxygens (including phenoxy) is 2. The van der Waals surface area contributed by atoms with E-state index in [1.807, 2.05) is 6.07 Å². The van der Waals surface area contributed by atoms with Crippen molar-refractivity contribution in [3.8, 4) is 11.5 Å². The zero-order chi connectivity index (χ0) is 15.1. The van der Waals surface area contributed by atoms with Gasteiger partial charge in [-0.15, -0.1) is 0 Å². The van der Waals surface area contributed by atoms with Crippen molar-refractivity contribution in [1.29, 1.82) is 0 Å². The van der Waals surface area contributed by atoms with Crippen LogP contribution in [0.5, 0.6) is 11.5 Å². The molecule has 2 rings (SSSR count). The van der Waals surface area contributed by atoms with Crippen LogP contribution in [0.25, 0.3) is 0 Å². The van der Waals surface area contributed by atoms with E-state index in [2.05, 4.69) is 41.2 Å². The fourth-order valence-electron chi connectivity index (χ4n) is 2.74. The lowest BCUT2D eigenvalue weighted by Crippen LogP contribution is -2.22. The maximum atomic E-state index is 5.72. The van der Waals surface area contributed by atoms with Gasteiger partial charge >= 0.3 is 0 Å². The summed E-state index contributed by atoms with van der Waals surface area (Å²) < 4.78 is 12.5. The maximum Gasteiger partial charge on any atom is 0.162 e. The summed E-state index contributed by atoms with van der Waals surface area (Å²) in [4.78, 5) is 0. The van der Waals surface area contributed by atoms with E-state index in [0.29, 0.717) is 19.3 Å². The second-order valence-corrected chi connectivity index (χ2v) is 6.33. The third-order valence-corrected chi connectivity index (χ3v) is 4.52. The predicted octanol–water partition coefficient (Wildman–Crippen LogP) is 4.84. The zero-order valence-electron chi connectivity index (χ0n) is 13.1. The molecule has 1 atom stereocenters. The van der Waals surface area contributed by atoms with Crippen LogP contribution in [0.15, 0.2) is 16.6 Å². The minimum absolute atomic E-state index is 0.372. The summed E-state index contributed by atoms with van der Waals surface area (Å²) in [5.74, 6) is 1.72. The first-order valence-corrected chi connectivity index (χ1v) is 8.88. The van der Waals surface area contributed by atoms with Crippen LogP contribution < -0.4 is 14.8 Å². The number of nitrogens with one attached hydrogen (secondary N) is 1. The van der Waals surface area contributed by atoms with E-state index in [4.69, 9.17) is 9.47 Å². The molecule has 0 spiro atoms. The highest BCUT2D eigenvalue weighted by Gasteiger charge is 2.19. The number of halogens is 1. The van der Waals surface area contributed by atoms with Gasteiger partial charge in [-0.3, -0.25) is 0 Å². The fourth-order valence-corrected chi connectivity index (χ4v) is 3.33. The van der Waals surface area contributed by atoms with Crippen molar-refractivity contribution in [2.75, 3.05) is 19.8 Å². The molecule has 0 radical (unpaired) electrons. The Kier molecular flexibility index (Phi) is 6.84. The summed E-state index contributed by atoms with van der Waals surface area (Å²) in [5.41, 5.74) is 1.28. The quantitative estimate of drug-likeness (QED) is 0.676. The van der Waals surface area contributed by atoms with E-state index >= 15 is 0 Å². The first-order valence-electron chi connectivity index (χ1n) is 8.08. The molecule has 1 heterocycles. The molecular weight excluding hydrogens is 330 g/mol. The number of unbranched alkanes of at least 4 members (excludes halogenated alkanes) is 3. The van der Waals surface area contributed by atoms with Gasteiger partial charge in [0.15, 0.2) is 11.5 Å². The van der Waals surface area contributed by atoms with Crippen LogP contribution in [0, 0.1) is 0 Å². The van der Waals surface area contributed by atoms with Gasteiger partial charge in [0.1, 0.15) is 13.2 Å². The van der Waals surface area contributed by atoms with Crippen molar-refractivity contribution >= 4 is 15.9 Å². The van der Waals surface area contributed by atoms with Crippen LogP contribution in [-0.4, -0.2) is 19.8 Å². The van der Waals surface area contributed by atoms with Gasteiger partial charge in [-0.1, -0.05) is 55.5 Å². The first kappa shape index (κ1) is 16.6. The SMILES string of the molecule is CCCCCCC(NCC)c1cc2c(cc1Br)OCCO2. The second kappa shape index (κ2) is 8.64. The minimum Gasteiger partial charge on any atom is -0.486 e. The van der Waals surface area contributed by atoms with Crippen LogP contribution in [0.1, 0.15) is 57.6 Å². The van der Waals surface area contributed by atoms with Crippen LogP contribution in [0.3, 0.4) is 0 Å². The highest BCUT2D eigenvalue weighted by molar-refractivity contribution is 9.10. The van der Waals surface area contributed by atoms with E-state index in [1.54, 1.807) is 0 Å². The molecule has 1 N–H and O–H groups in total. The Labute approximate surface area is 136 Å². The molecule has 0 aromatic heterocycles. The average molecular weight is 356 g/mol. The molecular formula is C17H26BrNO2. The summed E-state index contributed by atoms with van der Waals surface area (Å²) in [7, 11) is 0. The lowest BCUT2D eigenvalue weighted by Gasteiger charge is -2.24. The molecule has 1 aliphatic heterocycles. The Bertz CT molecular complexity index is 451. The number of hydrogen-bond donors (Lipinski definition) is 1. The molecule has 1 aromatic rings. The summed E-state index contributed by atoms with van der Waals surface area (Å²) in [6.45, 7) is 6.65. The van der Waals surface area contributed by atoms with Crippen molar-refractivity contribution < 1.29 is 9.47 Å². The fraction of sp³-hybridized carbons (Fsp3) is 0.647. The molecule has 21 heavy (non-hydrogen) atoms. The first-order chi connectivity index (χ1) is 10.3. The van der Waals surface area contributed by atoms with E-state index < -0.39 is 0 Å². The summed E-state index contributed by atoms with van der Waals surface area (Å²) in [6, 6.07) is 4.54. The van der Waals surface area contributed by atoms with Crippen molar-refractivity contribution in [1.82, 2.24) is 5.32 Å². The van der Waals surface area contributed by atoms with Gasteiger partial charge in [-0.05, 0) is 30.7 Å². The largest absolute Gasteiger partial charge is 0.486 e. The van der Waals surface area contributed by atoms with E-state index in [-0.39, 0.29) is 0 Å². The smallest absolute Gasteiger partial charge is 0.162 e. The number of fused-ring (bicyclic) bond motifs is 1. The topological polar surface area (TPSA) is 30.5 Å². The van der Waals surface area contributed by atoms with E-state index in [0.717, 1.165) is 28.9 Å². The number of benzene rings is 1. The lowest BCUT2D eigenvalue weighted by atomic mass is 9.99. The molecule has 0 fully saturated rings. The summed E-state index contributed by atoms with van der Waals surface area (Å²) in [6.07, 6.45) is 6.32. The number of hydrogen-bond acceptors (Lipinski definition) is 3. The predicted molar refractivity (Wildman–Crippen MR) is 90.3 cm³/mol. The van der Waals surface area contributed by atoms with Gasteiger partial charge in [-0.25, -0.2) is 0 Å². The average Bonchev–Trinajstić information content (AvgIpc) is 2.50. The van der Waals surface area contributed by atoms with E-state index in [1.165, 1.54) is 31.2 Å². The second-order valence-electron chi connectivity index (χ2n) is 5.48. The highest BCUT2D eigenvalue weighted by Crippen LogP contribution is 2.38. The Hall–Kier alpha value is -0.740. The van der Waals surface area contributed by atoms with Gasteiger partial charge in [0, 0.05) is 10.5 Å². The zero-order valence-corrected chi connectivity index (χ0v) is 14.7. The lowest BCUT2D eigenvalue weighted by molar-refractivity contribution is 0.171. The molecule has 0 saturated heterocycles. The monoisotopic (exact) mass is 355 g/mol. The molecule has 1 aliphatic rings. The Morgan fingerprint density at radius 2 is 1.81 bits per heavy atom. The Morgan fingerprint density at radius 1 is 1.10 bits per heavy atom. The molecule has 0 aliphatic carbocycles. The molecule has 1 unspecified atom stereocenters. The Balaban J connectivity index is 2.11. The highest BCUT2D eigenvalue weighted by atomic mass is 79.9. The summed E-state index contributed by atoms with van der Waals surface area (Å²) in [5, 5.41) is 3.60. The third-order valence-electron chi connectivity index (χ3n) is 3.83. The van der Waals surface area contributed by atoms with Gasteiger partial charge in [0.2, 0.25) is 0 Å². The van der Waals surface area contributed by atoms with Crippen LogP contribution in [0.4, 0.5) is 0 Å². The van der Waals surface area contributed by atoms with Gasteiger partial charge in [-0.2, -0.15) is 0 Å². The molecule has 1 aromatic carbocycles. The van der Waals surface area contributed by atoms with Crippen molar-refractivity contribution in [2.45, 2.75) is 52.0 Å². The normalized spacial score (nSPS) is 15.0. The summed E-state index contributed by atoms with van der Waals surface area (Å²) >= 11 is 3.69. The van der Waals surface area contributed by atoms with Crippen molar-refractivity contribution in [3.63, 3.8) is 0 Å². The number of rotatable bonds is 8. The molecule has 4 heteroatoms. The van der Waals surface area contributed by atoms with Crippen LogP contribution in [-0.2, 0) is 0 Å². The third kappa shape index (κ3) is 4.62. The molecule has 0 amide bonds.